The lowest BCUT2D eigenvalue weighted by atomic mass is 9.98. The third-order valence-electron chi connectivity index (χ3n) is 5.08. The Morgan fingerprint density at radius 3 is 2.60 bits per heavy atom. The standard InChI is InChI=1S/C22H20N4O3S/c1-12-13(2)30-22-19(12)20(16-8-6-15(7-9-16)5-4-10-27)23-17(11-18(28)29)21-25-24-14(3)26(21)22/h6-9,17,27H,10-11H2,1-3H3,(H,28,29). The molecule has 1 aliphatic rings. The zero-order valence-electron chi connectivity index (χ0n) is 16.8. The van der Waals surface area contributed by atoms with Crippen LogP contribution in [0.3, 0.4) is 0 Å². The van der Waals surface area contributed by atoms with E-state index in [9.17, 15) is 9.90 Å². The molecule has 1 aliphatic heterocycles. The molecule has 0 bridgehead atoms. The zero-order valence-corrected chi connectivity index (χ0v) is 17.6. The number of carbonyl (C=O) groups is 1. The van der Waals surface area contributed by atoms with Crippen LogP contribution in [0, 0.1) is 32.6 Å². The Morgan fingerprint density at radius 1 is 1.20 bits per heavy atom. The highest BCUT2D eigenvalue weighted by Gasteiger charge is 2.32. The highest BCUT2D eigenvalue weighted by Crippen LogP contribution is 2.39. The first-order chi connectivity index (χ1) is 14.4. The van der Waals surface area contributed by atoms with Crippen molar-refractivity contribution >= 4 is 23.0 Å². The van der Waals surface area contributed by atoms with Crippen molar-refractivity contribution in [1.82, 2.24) is 14.8 Å². The first kappa shape index (κ1) is 20.0. The molecule has 3 heterocycles. The smallest absolute Gasteiger partial charge is 0.306 e. The van der Waals surface area contributed by atoms with Gasteiger partial charge in [-0.3, -0.25) is 14.4 Å². The van der Waals surface area contributed by atoms with E-state index in [1.807, 2.05) is 35.8 Å². The molecule has 0 fully saturated rings. The van der Waals surface area contributed by atoms with Gasteiger partial charge in [-0.15, -0.1) is 21.5 Å². The van der Waals surface area contributed by atoms with E-state index in [0.717, 1.165) is 37.8 Å². The molecule has 4 rings (SSSR count). The van der Waals surface area contributed by atoms with Gasteiger partial charge in [-0.05, 0) is 38.5 Å². The van der Waals surface area contributed by atoms with Crippen LogP contribution in [0.5, 0.6) is 0 Å². The van der Waals surface area contributed by atoms with Crippen molar-refractivity contribution in [2.24, 2.45) is 4.99 Å². The maximum atomic E-state index is 11.6. The molecular weight excluding hydrogens is 400 g/mol. The number of aryl methyl sites for hydroxylation is 2. The molecule has 0 aliphatic carbocycles. The molecule has 152 valence electrons. The maximum absolute atomic E-state index is 11.6. The van der Waals surface area contributed by atoms with Gasteiger partial charge < -0.3 is 10.2 Å². The number of aliphatic carboxylic acids is 1. The van der Waals surface area contributed by atoms with Gasteiger partial charge in [0.2, 0.25) is 0 Å². The summed E-state index contributed by atoms with van der Waals surface area (Å²) < 4.78 is 1.94. The molecule has 0 spiro atoms. The fourth-order valence-electron chi connectivity index (χ4n) is 3.54. The molecule has 1 atom stereocenters. The molecule has 30 heavy (non-hydrogen) atoms. The van der Waals surface area contributed by atoms with E-state index in [0.29, 0.717) is 11.6 Å². The lowest BCUT2D eigenvalue weighted by Crippen LogP contribution is -2.10. The fourth-order valence-corrected chi connectivity index (χ4v) is 4.76. The van der Waals surface area contributed by atoms with Gasteiger partial charge in [0.1, 0.15) is 23.5 Å². The summed E-state index contributed by atoms with van der Waals surface area (Å²) in [6, 6.07) is 6.95. The highest BCUT2D eigenvalue weighted by atomic mass is 32.1. The van der Waals surface area contributed by atoms with Gasteiger partial charge >= 0.3 is 5.97 Å². The van der Waals surface area contributed by atoms with Gasteiger partial charge in [0.25, 0.3) is 0 Å². The predicted molar refractivity (Wildman–Crippen MR) is 114 cm³/mol. The molecule has 1 unspecified atom stereocenters. The second-order valence-corrected chi connectivity index (χ2v) is 8.24. The van der Waals surface area contributed by atoms with Crippen molar-refractivity contribution in [2.45, 2.75) is 33.2 Å². The molecule has 0 amide bonds. The van der Waals surface area contributed by atoms with E-state index in [1.165, 1.54) is 0 Å². The van der Waals surface area contributed by atoms with Crippen LogP contribution in [0.4, 0.5) is 0 Å². The Bertz CT molecular complexity index is 1230. The van der Waals surface area contributed by atoms with Gasteiger partial charge in [-0.2, -0.15) is 0 Å². The van der Waals surface area contributed by atoms with Crippen molar-refractivity contribution in [3.05, 3.63) is 63.0 Å². The van der Waals surface area contributed by atoms with Gasteiger partial charge in [0, 0.05) is 21.6 Å². The van der Waals surface area contributed by atoms with Crippen molar-refractivity contribution in [2.75, 3.05) is 6.61 Å². The summed E-state index contributed by atoms with van der Waals surface area (Å²) in [7, 11) is 0. The number of carboxylic acid groups (broad SMARTS) is 1. The number of thiophene rings is 1. The Kier molecular flexibility index (Phi) is 5.24. The largest absolute Gasteiger partial charge is 0.481 e. The van der Waals surface area contributed by atoms with Crippen LogP contribution in [0.1, 0.15) is 51.2 Å². The minimum absolute atomic E-state index is 0.172. The van der Waals surface area contributed by atoms with E-state index < -0.39 is 12.0 Å². The molecule has 1 aromatic carbocycles. The first-order valence-electron chi connectivity index (χ1n) is 9.43. The van der Waals surface area contributed by atoms with Crippen LogP contribution in [0.15, 0.2) is 29.3 Å². The van der Waals surface area contributed by atoms with Crippen LogP contribution in [-0.4, -0.2) is 43.3 Å². The lowest BCUT2D eigenvalue weighted by Gasteiger charge is -2.10. The van der Waals surface area contributed by atoms with Gasteiger partial charge in [0.15, 0.2) is 5.82 Å². The quantitative estimate of drug-likeness (QED) is 0.635. The van der Waals surface area contributed by atoms with Crippen molar-refractivity contribution in [3.63, 3.8) is 0 Å². The minimum atomic E-state index is -0.942. The molecule has 0 radical (unpaired) electrons. The van der Waals surface area contributed by atoms with Crippen molar-refractivity contribution < 1.29 is 15.0 Å². The summed E-state index contributed by atoms with van der Waals surface area (Å²) in [4.78, 5) is 17.6. The molecule has 3 aromatic rings. The monoisotopic (exact) mass is 420 g/mol. The number of aliphatic imine (C=N–C) groups is 1. The van der Waals surface area contributed by atoms with Crippen molar-refractivity contribution in [1.29, 1.82) is 0 Å². The second kappa shape index (κ2) is 7.86. The number of nitrogens with zero attached hydrogens (tertiary/aromatic N) is 4. The van der Waals surface area contributed by atoms with Crippen LogP contribution in [0.2, 0.25) is 0 Å². The topological polar surface area (TPSA) is 101 Å². The minimum Gasteiger partial charge on any atom is -0.481 e. The molecule has 2 N–H and O–H groups in total. The molecule has 0 saturated heterocycles. The normalized spacial score (nSPS) is 14.8. The highest BCUT2D eigenvalue weighted by molar-refractivity contribution is 7.15. The number of aliphatic hydroxyl groups excluding tert-OH is 1. The predicted octanol–water partition coefficient (Wildman–Crippen LogP) is 2.96. The van der Waals surface area contributed by atoms with E-state index in [4.69, 9.17) is 10.1 Å². The summed E-state index contributed by atoms with van der Waals surface area (Å²) in [6.45, 7) is 5.79. The van der Waals surface area contributed by atoms with E-state index >= 15 is 0 Å². The Balaban J connectivity index is 1.94. The number of aromatic nitrogens is 3. The SMILES string of the molecule is Cc1sc2c(c1C)C(c1ccc(C#CCO)cc1)=NC(CC(=O)O)c1nnc(C)n1-2. The van der Waals surface area contributed by atoms with Crippen molar-refractivity contribution in [3.8, 4) is 16.8 Å². The Labute approximate surface area is 177 Å². The summed E-state index contributed by atoms with van der Waals surface area (Å²) in [5.41, 5.74) is 4.48. The summed E-state index contributed by atoms with van der Waals surface area (Å²) in [5, 5.41) is 27.8. The number of fused-ring (bicyclic) bond motifs is 3. The summed E-state index contributed by atoms with van der Waals surface area (Å²) in [5.74, 6) is 5.82. The van der Waals surface area contributed by atoms with Crippen LogP contribution < -0.4 is 0 Å². The van der Waals surface area contributed by atoms with Crippen LogP contribution in [-0.2, 0) is 4.79 Å². The number of carboxylic acids is 1. The average Bonchev–Trinajstić information content (AvgIpc) is 3.19. The Hall–Kier alpha value is -3.28. The second-order valence-electron chi connectivity index (χ2n) is 7.03. The third kappa shape index (κ3) is 3.43. The van der Waals surface area contributed by atoms with E-state index in [2.05, 4.69) is 35.9 Å². The van der Waals surface area contributed by atoms with E-state index in [1.54, 1.807) is 11.3 Å². The summed E-state index contributed by atoms with van der Waals surface area (Å²) in [6.07, 6.45) is -0.172. The molecule has 7 nitrogen and oxygen atoms in total. The fraction of sp³-hybridized carbons (Fsp3) is 0.273. The van der Waals surface area contributed by atoms with Gasteiger partial charge in [0.05, 0.1) is 12.1 Å². The molecule has 0 saturated carbocycles. The zero-order chi connectivity index (χ0) is 21.4. The first-order valence-corrected chi connectivity index (χ1v) is 10.2. The molecule has 2 aromatic heterocycles. The third-order valence-corrected chi connectivity index (χ3v) is 6.27. The number of rotatable bonds is 3. The maximum Gasteiger partial charge on any atom is 0.306 e. The number of aliphatic hydroxyl groups is 1. The van der Waals surface area contributed by atoms with Crippen LogP contribution in [0.25, 0.3) is 5.00 Å². The lowest BCUT2D eigenvalue weighted by molar-refractivity contribution is -0.137. The van der Waals surface area contributed by atoms with Gasteiger partial charge in [-0.25, -0.2) is 0 Å². The average molecular weight is 420 g/mol. The van der Waals surface area contributed by atoms with E-state index in [-0.39, 0.29) is 13.0 Å². The summed E-state index contributed by atoms with van der Waals surface area (Å²) >= 11 is 1.63. The molecule has 8 heteroatoms. The Morgan fingerprint density at radius 2 is 1.93 bits per heavy atom. The van der Waals surface area contributed by atoms with Gasteiger partial charge in [-0.1, -0.05) is 24.0 Å². The number of hydrogen-bond acceptors (Lipinski definition) is 6. The number of hydrogen-bond donors (Lipinski definition) is 2. The molecular formula is C22H20N4O3S. The van der Waals surface area contributed by atoms with Crippen LogP contribution >= 0.6 is 11.3 Å². The number of benzene rings is 1.